The molecule has 2 aromatic rings. The van der Waals surface area contributed by atoms with Crippen LogP contribution in [0.4, 0.5) is 5.82 Å². The lowest BCUT2D eigenvalue weighted by molar-refractivity contribution is -0.121. The van der Waals surface area contributed by atoms with E-state index in [9.17, 15) is 4.79 Å². The Morgan fingerprint density at radius 1 is 1.35 bits per heavy atom. The van der Waals surface area contributed by atoms with Crippen LogP contribution in [0.25, 0.3) is 10.9 Å². The number of aromatic nitrogens is 2. The van der Waals surface area contributed by atoms with E-state index in [0.29, 0.717) is 29.9 Å². The van der Waals surface area contributed by atoms with Gasteiger partial charge in [0.1, 0.15) is 11.6 Å². The molecule has 0 spiro atoms. The molecule has 140 valence electrons. The summed E-state index contributed by atoms with van der Waals surface area (Å²) in [7, 11) is 0. The second kappa shape index (κ2) is 8.21. The van der Waals surface area contributed by atoms with Crippen LogP contribution in [0.3, 0.4) is 0 Å². The lowest BCUT2D eigenvalue weighted by Gasteiger charge is -2.27. The van der Waals surface area contributed by atoms with Gasteiger partial charge in [0.25, 0.3) is 0 Å². The normalized spacial score (nSPS) is 14.0. The third-order valence-electron chi connectivity index (χ3n) is 4.44. The molecule has 1 aliphatic rings. The van der Waals surface area contributed by atoms with Crippen LogP contribution < -0.4 is 10.2 Å². The molecule has 1 aromatic heterocycles. The number of anilines is 1. The molecule has 0 radical (unpaired) electrons. The van der Waals surface area contributed by atoms with E-state index in [2.05, 4.69) is 29.0 Å². The maximum atomic E-state index is 12.2. The van der Waals surface area contributed by atoms with Crippen molar-refractivity contribution in [1.29, 1.82) is 0 Å². The Balaban J connectivity index is 1.89. The summed E-state index contributed by atoms with van der Waals surface area (Å²) in [6.07, 6.45) is 3.45. The number of benzene rings is 1. The van der Waals surface area contributed by atoms with Crippen molar-refractivity contribution < 1.29 is 4.79 Å². The highest BCUT2D eigenvalue weighted by atomic mass is 35.5. The molecule has 0 aliphatic heterocycles. The summed E-state index contributed by atoms with van der Waals surface area (Å²) < 4.78 is 0. The van der Waals surface area contributed by atoms with Crippen molar-refractivity contribution in [3.8, 4) is 0 Å². The zero-order chi connectivity index (χ0) is 18.7. The fourth-order valence-corrected chi connectivity index (χ4v) is 3.19. The van der Waals surface area contributed by atoms with Gasteiger partial charge in [-0.25, -0.2) is 9.97 Å². The molecule has 1 fully saturated rings. The first-order valence-electron chi connectivity index (χ1n) is 9.46. The number of halogens is 1. The van der Waals surface area contributed by atoms with Crippen LogP contribution in [0.1, 0.15) is 45.9 Å². The third kappa shape index (κ3) is 4.85. The molecule has 6 heteroatoms. The number of hydrogen-bond acceptors (Lipinski definition) is 4. The van der Waals surface area contributed by atoms with E-state index in [1.165, 1.54) is 0 Å². The fourth-order valence-electron chi connectivity index (χ4n) is 3.02. The number of rotatable bonds is 8. The van der Waals surface area contributed by atoms with Gasteiger partial charge in [-0.05, 0) is 37.0 Å². The monoisotopic (exact) mass is 374 g/mol. The van der Waals surface area contributed by atoms with E-state index in [0.717, 1.165) is 48.4 Å². The van der Waals surface area contributed by atoms with Crippen LogP contribution in [0.2, 0.25) is 5.02 Å². The van der Waals surface area contributed by atoms with Gasteiger partial charge < -0.3 is 10.2 Å². The van der Waals surface area contributed by atoms with Crippen LogP contribution >= 0.6 is 11.6 Å². The highest BCUT2D eigenvalue weighted by molar-refractivity contribution is 6.31. The maximum absolute atomic E-state index is 12.2. The highest BCUT2D eigenvalue weighted by Crippen LogP contribution is 2.27. The molecule has 1 heterocycles. The van der Waals surface area contributed by atoms with Gasteiger partial charge in [-0.2, -0.15) is 0 Å². The number of amides is 1. The van der Waals surface area contributed by atoms with Gasteiger partial charge in [0.15, 0.2) is 0 Å². The molecule has 1 aliphatic carbocycles. The molecule has 0 atom stereocenters. The standard InChI is InChI=1S/C20H27ClN4O/c1-4-18-23-17-11-14(21)5-8-16(17)20(24-18)25(12-13(2)3)10-9-19(26)22-15-6-7-15/h5,8,11,13,15H,4,6-7,9-10,12H2,1-3H3,(H,22,26). The Hall–Kier alpha value is -1.88. The number of carbonyl (C=O) groups excluding carboxylic acids is 1. The zero-order valence-corrected chi connectivity index (χ0v) is 16.5. The average Bonchev–Trinajstić information content (AvgIpc) is 3.40. The maximum Gasteiger partial charge on any atom is 0.221 e. The molecule has 1 aromatic carbocycles. The first-order valence-corrected chi connectivity index (χ1v) is 9.84. The molecule has 0 saturated heterocycles. The second-order valence-electron chi connectivity index (χ2n) is 7.41. The smallest absolute Gasteiger partial charge is 0.221 e. The second-order valence-corrected chi connectivity index (χ2v) is 7.85. The number of nitrogens with one attached hydrogen (secondary N) is 1. The fraction of sp³-hybridized carbons (Fsp3) is 0.550. The van der Waals surface area contributed by atoms with Crippen molar-refractivity contribution in [3.05, 3.63) is 29.0 Å². The van der Waals surface area contributed by atoms with Gasteiger partial charge in [-0.3, -0.25) is 4.79 Å². The topological polar surface area (TPSA) is 58.1 Å². The Kier molecular flexibility index (Phi) is 5.97. The van der Waals surface area contributed by atoms with Crippen molar-refractivity contribution in [3.63, 3.8) is 0 Å². The van der Waals surface area contributed by atoms with Crippen molar-refractivity contribution in [2.45, 2.75) is 52.5 Å². The summed E-state index contributed by atoms with van der Waals surface area (Å²) in [4.78, 5) is 23.8. The van der Waals surface area contributed by atoms with Crippen LogP contribution in [-0.2, 0) is 11.2 Å². The van der Waals surface area contributed by atoms with Gasteiger partial charge >= 0.3 is 0 Å². The SMILES string of the molecule is CCc1nc(N(CCC(=O)NC2CC2)CC(C)C)c2ccc(Cl)cc2n1. The highest BCUT2D eigenvalue weighted by Gasteiger charge is 2.24. The lowest BCUT2D eigenvalue weighted by Crippen LogP contribution is -2.34. The van der Waals surface area contributed by atoms with Crippen molar-refractivity contribution in [2.75, 3.05) is 18.0 Å². The largest absolute Gasteiger partial charge is 0.355 e. The number of nitrogens with zero attached hydrogens (tertiary/aromatic N) is 3. The first-order chi connectivity index (χ1) is 12.5. The van der Waals surface area contributed by atoms with Gasteiger partial charge in [-0.15, -0.1) is 0 Å². The van der Waals surface area contributed by atoms with Gasteiger partial charge in [0, 0.05) is 42.4 Å². The van der Waals surface area contributed by atoms with Crippen LogP contribution in [0, 0.1) is 5.92 Å². The molecule has 0 bridgehead atoms. The first kappa shape index (κ1) is 18.9. The number of hydrogen-bond donors (Lipinski definition) is 1. The molecule has 1 saturated carbocycles. The van der Waals surface area contributed by atoms with E-state index >= 15 is 0 Å². The molecular formula is C20H27ClN4O. The predicted molar refractivity (Wildman–Crippen MR) is 107 cm³/mol. The Bertz CT molecular complexity index is 789. The van der Waals surface area contributed by atoms with E-state index in [4.69, 9.17) is 16.6 Å². The van der Waals surface area contributed by atoms with Crippen LogP contribution in [0.5, 0.6) is 0 Å². The van der Waals surface area contributed by atoms with E-state index in [1.807, 2.05) is 25.1 Å². The minimum absolute atomic E-state index is 0.123. The Morgan fingerprint density at radius 2 is 2.12 bits per heavy atom. The van der Waals surface area contributed by atoms with E-state index < -0.39 is 0 Å². The third-order valence-corrected chi connectivity index (χ3v) is 4.67. The van der Waals surface area contributed by atoms with E-state index in [1.54, 1.807) is 0 Å². The summed E-state index contributed by atoms with van der Waals surface area (Å²) in [6.45, 7) is 7.89. The van der Waals surface area contributed by atoms with Crippen LogP contribution in [-0.4, -0.2) is 35.0 Å². The lowest BCUT2D eigenvalue weighted by atomic mass is 10.1. The zero-order valence-electron chi connectivity index (χ0n) is 15.8. The molecular weight excluding hydrogens is 348 g/mol. The summed E-state index contributed by atoms with van der Waals surface area (Å²) in [5.41, 5.74) is 0.857. The summed E-state index contributed by atoms with van der Waals surface area (Å²) in [5.74, 6) is 2.28. The minimum Gasteiger partial charge on any atom is -0.355 e. The number of carbonyl (C=O) groups is 1. The minimum atomic E-state index is 0.123. The van der Waals surface area contributed by atoms with Gasteiger partial charge in [0.2, 0.25) is 5.91 Å². The molecule has 26 heavy (non-hydrogen) atoms. The van der Waals surface area contributed by atoms with Gasteiger partial charge in [0.05, 0.1) is 5.52 Å². The van der Waals surface area contributed by atoms with Crippen molar-refractivity contribution in [2.24, 2.45) is 5.92 Å². The van der Waals surface area contributed by atoms with Crippen molar-refractivity contribution >= 4 is 34.2 Å². The number of aryl methyl sites for hydroxylation is 1. The Morgan fingerprint density at radius 3 is 2.77 bits per heavy atom. The summed E-state index contributed by atoms with van der Waals surface area (Å²) >= 11 is 6.16. The number of fused-ring (bicyclic) bond motifs is 1. The predicted octanol–water partition coefficient (Wildman–Crippen LogP) is 3.98. The summed E-state index contributed by atoms with van der Waals surface area (Å²) in [6, 6.07) is 6.13. The molecule has 0 unspecified atom stereocenters. The quantitative estimate of drug-likeness (QED) is 0.759. The average molecular weight is 375 g/mol. The molecule has 1 amide bonds. The van der Waals surface area contributed by atoms with Gasteiger partial charge in [-0.1, -0.05) is 32.4 Å². The molecule has 1 N–H and O–H groups in total. The summed E-state index contributed by atoms with van der Waals surface area (Å²) in [5, 5.41) is 4.72. The molecule has 5 nitrogen and oxygen atoms in total. The van der Waals surface area contributed by atoms with E-state index in [-0.39, 0.29) is 5.91 Å². The van der Waals surface area contributed by atoms with Crippen LogP contribution in [0.15, 0.2) is 18.2 Å². The Labute approximate surface area is 160 Å². The van der Waals surface area contributed by atoms with Crippen molar-refractivity contribution in [1.82, 2.24) is 15.3 Å². The molecule has 3 rings (SSSR count).